The van der Waals surface area contributed by atoms with E-state index in [1.807, 2.05) is 0 Å². The van der Waals surface area contributed by atoms with Gasteiger partial charge in [-0.05, 0) is 60.6 Å². The highest BCUT2D eigenvalue weighted by atomic mass is 127. The van der Waals surface area contributed by atoms with Gasteiger partial charge in [-0.15, -0.1) is 0 Å². The second kappa shape index (κ2) is 5.71. The molecule has 0 aromatic heterocycles. The molecule has 0 bridgehead atoms. The molecule has 0 saturated carbocycles. The first kappa shape index (κ1) is 12.0. The van der Waals surface area contributed by atoms with Gasteiger partial charge in [0.15, 0.2) is 0 Å². The second-order valence-corrected chi connectivity index (χ2v) is 4.99. The topological polar surface area (TPSA) is 12.0 Å². The fourth-order valence-electron chi connectivity index (χ4n) is 1.39. The number of nitrogens with one attached hydrogen (secondary N) is 1. The maximum absolute atomic E-state index is 3.56. The standard InChI is InChI=1S/C12H18IN/c1-4-9(2)14-10(3)11-5-7-12(13)8-6-11/h5-10,14H,4H2,1-3H3/t9-,10-/m0/s1. The van der Waals surface area contributed by atoms with E-state index in [2.05, 4.69) is 72.9 Å². The van der Waals surface area contributed by atoms with E-state index < -0.39 is 0 Å². The summed E-state index contributed by atoms with van der Waals surface area (Å²) in [6.07, 6.45) is 1.18. The Morgan fingerprint density at radius 3 is 2.29 bits per heavy atom. The number of hydrogen-bond donors (Lipinski definition) is 1. The lowest BCUT2D eigenvalue weighted by molar-refractivity contribution is 0.469. The summed E-state index contributed by atoms with van der Waals surface area (Å²) in [4.78, 5) is 0. The van der Waals surface area contributed by atoms with Crippen LogP contribution >= 0.6 is 22.6 Å². The third kappa shape index (κ3) is 3.58. The van der Waals surface area contributed by atoms with E-state index in [1.54, 1.807) is 0 Å². The summed E-state index contributed by atoms with van der Waals surface area (Å²) in [5.74, 6) is 0. The van der Waals surface area contributed by atoms with Crippen molar-refractivity contribution in [1.29, 1.82) is 0 Å². The van der Waals surface area contributed by atoms with Gasteiger partial charge >= 0.3 is 0 Å². The zero-order valence-corrected chi connectivity index (χ0v) is 11.2. The predicted octanol–water partition coefficient (Wildman–Crippen LogP) is 3.74. The first-order valence-electron chi connectivity index (χ1n) is 5.15. The molecule has 1 aromatic carbocycles. The van der Waals surface area contributed by atoms with Crippen LogP contribution in [0.15, 0.2) is 24.3 Å². The summed E-state index contributed by atoms with van der Waals surface area (Å²) >= 11 is 2.33. The quantitative estimate of drug-likeness (QED) is 0.836. The van der Waals surface area contributed by atoms with Gasteiger partial charge in [-0.2, -0.15) is 0 Å². The minimum Gasteiger partial charge on any atom is -0.308 e. The third-order valence-electron chi connectivity index (χ3n) is 2.52. The fraction of sp³-hybridized carbons (Fsp3) is 0.500. The van der Waals surface area contributed by atoms with Crippen molar-refractivity contribution in [1.82, 2.24) is 5.32 Å². The summed E-state index contributed by atoms with van der Waals surface area (Å²) in [5.41, 5.74) is 1.37. The number of rotatable bonds is 4. The number of benzene rings is 1. The monoisotopic (exact) mass is 303 g/mol. The normalized spacial score (nSPS) is 15.1. The Bertz CT molecular complexity index is 268. The van der Waals surface area contributed by atoms with E-state index in [1.165, 1.54) is 15.6 Å². The Hall–Kier alpha value is -0.0900. The first-order chi connectivity index (χ1) is 6.63. The van der Waals surface area contributed by atoms with Crippen molar-refractivity contribution in [3.8, 4) is 0 Å². The number of hydrogen-bond acceptors (Lipinski definition) is 1. The van der Waals surface area contributed by atoms with Gasteiger partial charge in [-0.3, -0.25) is 0 Å². The third-order valence-corrected chi connectivity index (χ3v) is 3.24. The van der Waals surface area contributed by atoms with Gasteiger partial charge in [0, 0.05) is 15.7 Å². The fourth-order valence-corrected chi connectivity index (χ4v) is 1.75. The van der Waals surface area contributed by atoms with Gasteiger partial charge < -0.3 is 5.32 Å². The van der Waals surface area contributed by atoms with E-state index in [0.717, 1.165) is 0 Å². The molecule has 0 fully saturated rings. The van der Waals surface area contributed by atoms with Crippen LogP contribution in [0, 0.1) is 3.57 Å². The molecule has 0 aliphatic rings. The molecule has 2 atom stereocenters. The molecule has 0 aliphatic carbocycles. The second-order valence-electron chi connectivity index (χ2n) is 3.75. The van der Waals surface area contributed by atoms with Crippen LogP contribution in [0.25, 0.3) is 0 Å². The highest BCUT2D eigenvalue weighted by Crippen LogP contribution is 2.15. The Kier molecular flexibility index (Phi) is 4.89. The molecule has 0 radical (unpaired) electrons. The first-order valence-corrected chi connectivity index (χ1v) is 6.23. The lowest BCUT2D eigenvalue weighted by Gasteiger charge is -2.19. The molecule has 14 heavy (non-hydrogen) atoms. The molecule has 0 saturated heterocycles. The van der Waals surface area contributed by atoms with Crippen molar-refractivity contribution in [2.24, 2.45) is 0 Å². The molecule has 1 nitrogen and oxygen atoms in total. The van der Waals surface area contributed by atoms with Crippen molar-refractivity contribution >= 4 is 22.6 Å². The average molecular weight is 303 g/mol. The molecular weight excluding hydrogens is 285 g/mol. The van der Waals surface area contributed by atoms with Crippen LogP contribution in [0.4, 0.5) is 0 Å². The zero-order chi connectivity index (χ0) is 10.6. The molecule has 0 heterocycles. The van der Waals surface area contributed by atoms with Gasteiger partial charge in [-0.1, -0.05) is 19.1 Å². The van der Waals surface area contributed by atoms with Crippen molar-refractivity contribution < 1.29 is 0 Å². The van der Waals surface area contributed by atoms with Crippen molar-refractivity contribution in [3.63, 3.8) is 0 Å². The molecular formula is C12H18IN. The van der Waals surface area contributed by atoms with E-state index in [-0.39, 0.29) is 0 Å². The van der Waals surface area contributed by atoms with Gasteiger partial charge in [0.2, 0.25) is 0 Å². The van der Waals surface area contributed by atoms with Crippen molar-refractivity contribution in [2.45, 2.75) is 39.3 Å². The van der Waals surface area contributed by atoms with Gasteiger partial charge in [0.25, 0.3) is 0 Å². The molecule has 2 heteroatoms. The van der Waals surface area contributed by atoms with Crippen LogP contribution in [0.5, 0.6) is 0 Å². The minimum atomic E-state index is 0.446. The molecule has 78 valence electrons. The van der Waals surface area contributed by atoms with Crippen molar-refractivity contribution in [3.05, 3.63) is 33.4 Å². The predicted molar refractivity (Wildman–Crippen MR) is 70.5 cm³/mol. The largest absolute Gasteiger partial charge is 0.308 e. The summed E-state index contributed by atoms with van der Waals surface area (Å²) in [7, 11) is 0. The Balaban J connectivity index is 2.60. The van der Waals surface area contributed by atoms with E-state index in [9.17, 15) is 0 Å². The molecule has 0 spiro atoms. The summed E-state index contributed by atoms with van der Waals surface area (Å²) in [6.45, 7) is 6.65. The van der Waals surface area contributed by atoms with Crippen LogP contribution < -0.4 is 5.32 Å². The molecule has 1 aromatic rings. The van der Waals surface area contributed by atoms with Crippen LogP contribution in [0.1, 0.15) is 38.8 Å². The molecule has 0 unspecified atom stereocenters. The van der Waals surface area contributed by atoms with E-state index >= 15 is 0 Å². The summed E-state index contributed by atoms with van der Waals surface area (Å²) < 4.78 is 1.29. The average Bonchev–Trinajstić information content (AvgIpc) is 2.18. The summed E-state index contributed by atoms with van der Waals surface area (Å²) in [5, 5.41) is 3.56. The van der Waals surface area contributed by atoms with Gasteiger partial charge in [0.1, 0.15) is 0 Å². The highest BCUT2D eigenvalue weighted by molar-refractivity contribution is 14.1. The van der Waals surface area contributed by atoms with Crippen LogP contribution in [0.3, 0.4) is 0 Å². The van der Waals surface area contributed by atoms with Gasteiger partial charge in [-0.25, -0.2) is 0 Å². The Morgan fingerprint density at radius 1 is 1.21 bits per heavy atom. The SMILES string of the molecule is CC[C@H](C)N[C@@H](C)c1ccc(I)cc1. The minimum absolute atomic E-state index is 0.446. The van der Waals surface area contributed by atoms with E-state index in [4.69, 9.17) is 0 Å². The maximum Gasteiger partial charge on any atom is 0.0294 e. The maximum atomic E-state index is 3.56. The molecule has 0 amide bonds. The van der Waals surface area contributed by atoms with E-state index in [0.29, 0.717) is 12.1 Å². The van der Waals surface area contributed by atoms with Crippen LogP contribution in [0.2, 0.25) is 0 Å². The number of halogens is 1. The highest BCUT2D eigenvalue weighted by Gasteiger charge is 2.07. The van der Waals surface area contributed by atoms with Gasteiger partial charge in [0.05, 0.1) is 0 Å². The zero-order valence-electron chi connectivity index (χ0n) is 9.05. The molecule has 1 N–H and O–H groups in total. The van der Waals surface area contributed by atoms with Crippen molar-refractivity contribution in [2.75, 3.05) is 0 Å². The lowest BCUT2D eigenvalue weighted by atomic mass is 10.1. The van der Waals surface area contributed by atoms with Crippen LogP contribution in [-0.2, 0) is 0 Å². The lowest BCUT2D eigenvalue weighted by Crippen LogP contribution is -2.28. The molecule has 1 rings (SSSR count). The summed E-state index contributed by atoms with van der Waals surface area (Å²) in [6, 6.07) is 9.74. The smallest absolute Gasteiger partial charge is 0.0294 e. The Labute approximate surface area is 100 Å². The molecule has 0 aliphatic heterocycles. The van der Waals surface area contributed by atoms with Crippen LogP contribution in [-0.4, -0.2) is 6.04 Å². The Morgan fingerprint density at radius 2 is 1.79 bits per heavy atom.